The minimum atomic E-state index is 0. The average molecular weight is 297 g/mol. The molecule has 1 unspecified atom stereocenters. The molecule has 2 aliphatic rings. The topological polar surface area (TPSA) is 35.6 Å². The van der Waals surface area contributed by atoms with Gasteiger partial charge in [-0.15, -0.1) is 0 Å². The predicted octanol–water partition coefficient (Wildman–Crippen LogP) is 2.20. The minimum Gasteiger partial charge on any atom is -0.340 e. The smallest absolute Gasteiger partial charge is 0.236 e. The van der Waals surface area contributed by atoms with Crippen LogP contribution in [0.3, 0.4) is 0 Å². The van der Waals surface area contributed by atoms with Gasteiger partial charge in [-0.2, -0.15) is 0 Å². The van der Waals surface area contributed by atoms with E-state index >= 15 is 0 Å². The molecule has 1 amide bonds. The van der Waals surface area contributed by atoms with Crippen molar-refractivity contribution in [3.63, 3.8) is 0 Å². The lowest BCUT2D eigenvalue weighted by atomic mass is 9.72. The fourth-order valence-electron chi connectivity index (χ4n) is 3.50. The Morgan fingerprint density at radius 3 is 2.38 bits per heavy atom. The fraction of sp³-hybridized carbons (Fsp3) is 0.941. The molecule has 1 atom stereocenters. The summed E-state index contributed by atoms with van der Waals surface area (Å²) in [6.45, 7) is 15.0. The Labute approximate surface area is 131 Å². The molecule has 0 aliphatic carbocycles. The average Bonchev–Trinajstić information content (AvgIpc) is 2.42. The Hall–Kier alpha value is -0.610. The molecule has 0 aromatic carbocycles. The fourth-order valence-corrected chi connectivity index (χ4v) is 3.50. The second-order valence-electron chi connectivity index (χ2n) is 7.63. The highest BCUT2D eigenvalue weighted by molar-refractivity contribution is 5.79. The zero-order valence-electron chi connectivity index (χ0n) is 14.3. The first-order chi connectivity index (χ1) is 9.94. The van der Waals surface area contributed by atoms with Crippen LogP contribution in [0.2, 0.25) is 0 Å². The lowest BCUT2D eigenvalue weighted by Gasteiger charge is -2.54. The molecule has 0 radical (unpaired) electrons. The van der Waals surface area contributed by atoms with Crippen molar-refractivity contribution in [2.45, 2.75) is 53.0 Å². The molecule has 4 nitrogen and oxygen atoms in total. The highest BCUT2D eigenvalue weighted by Gasteiger charge is 2.46. The summed E-state index contributed by atoms with van der Waals surface area (Å²) in [5, 5.41) is 3.30. The number of likely N-dealkylation sites (tertiary alicyclic amines) is 2. The number of rotatable bonds is 6. The van der Waals surface area contributed by atoms with Crippen LogP contribution in [0.15, 0.2) is 0 Å². The van der Waals surface area contributed by atoms with E-state index in [-0.39, 0.29) is 7.33 Å². The van der Waals surface area contributed by atoms with Crippen LogP contribution in [-0.4, -0.2) is 61.0 Å². The Morgan fingerprint density at radius 1 is 1.24 bits per heavy atom. The van der Waals surface area contributed by atoms with Crippen molar-refractivity contribution < 1.29 is 6.22 Å². The van der Waals surface area contributed by atoms with Crippen LogP contribution in [0.5, 0.6) is 0 Å². The van der Waals surface area contributed by atoms with E-state index in [1.54, 1.807) is 0 Å². The van der Waals surface area contributed by atoms with Crippen LogP contribution in [0.4, 0.5) is 0 Å². The summed E-state index contributed by atoms with van der Waals surface area (Å²) >= 11 is 0. The summed E-state index contributed by atoms with van der Waals surface area (Å²) in [7, 11) is 0. The monoisotopic (exact) mass is 297 g/mol. The van der Waals surface area contributed by atoms with E-state index in [4.69, 9.17) is 0 Å². The quantitative estimate of drug-likeness (QED) is 0.816. The van der Waals surface area contributed by atoms with Gasteiger partial charge in [0.1, 0.15) is 0 Å². The van der Waals surface area contributed by atoms with Gasteiger partial charge in [-0.3, -0.25) is 4.79 Å². The van der Waals surface area contributed by atoms with E-state index in [0.717, 1.165) is 25.4 Å². The van der Waals surface area contributed by atoms with Crippen molar-refractivity contribution in [3.8, 4) is 0 Å². The molecule has 1 spiro atoms. The van der Waals surface area contributed by atoms with Gasteiger partial charge in [-0.1, -0.05) is 20.8 Å². The van der Waals surface area contributed by atoms with Gasteiger partial charge in [-0.25, -0.2) is 0 Å². The van der Waals surface area contributed by atoms with E-state index in [2.05, 4.69) is 37.9 Å². The number of hydrogen-bond donors (Lipinski definition) is 1. The summed E-state index contributed by atoms with van der Waals surface area (Å²) in [6.07, 6.45) is 3.60. The number of carbonyl (C=O) groups excluding carboxylic acids is 1. The van der Waals surface area contributed by atoms with Crippen molar-refractivity contribution in [2.24, 2.45) is 11.3 Å². The van der Waals surface area contributed by atoms with Gasteiger partial charge in [0.25, 0.3) is 0 Å². The van der Waals surface area contributed by atoms with Crippen LogP contribution < -0.4 is 5.32 Å². The lowest BCUT2D eigenvalue weighted by Crippen LogP contribution is -2.63. The van der Waals surface area contributed by atoms with E-state index in [1.165, 1.54) is 32.5 Å². The maximum Gasteiger partial charge on any atom is 0.236 e. The van der Waals surface area contributed by atoms with Gasteiger partial charge < -0.3 is 15.1 Å². The minimum absolute atomic E-state index is 0. The van der Waals surface area contributed by atoms with E-state index in [9.17, 15) is 4.79 Å². The second-order valence-corrected chi connectivity index (χ2v) is 7.63. The molecular formula is C17H35N3O. The first kappa shape index (κ1) is 16.8. The Kier molecular flexibility index (Phi) is 5.67. The molecule has 0 bridgehead atoms. The summed E-state index contributed by atoms with van der Waals surface area (Å²) in [6, 6.07) is 0.434. The Bertz CT molecular complexity index is 346. The molecule has 2 rings (SSSR count). The Morgan fingerprint density at radius 2 is 1.86 bits per heavy atom. The van der Waals surface area contributed by atoms with Crippen LogP contribution in [0.1, 0.15) is 48.4 Å². The van der Waals surface area contributed by atoms with Crippen LogP contribution in [-0.2, 0) is 4.79 Å². The summed E-state index contributed by atoms with van der Waals surface area (Å²) in [4.78, 5) is 16.8. The lowest BCUT2D eigenvalue weighted by molar-refractivity contribution is -0.146. The van der Waals surface area contributed by atoms with Gasteiger partial charge in [0.2, 0.25) is 5.91 Å². The zero-order valence-corrected chi connectivity index (χ0v) is 14.3. The number of amides is 1. The normalized spacial score (nSPS) is 23.4. The predicted molar refractivity (Wildman–Crippen MR) is 89.4 cm³/mol. The van der Waals surface area contributed by atoms with Crippen molar-refractivity contribution in [2.75, 3.05) is 39.3 Å². The van der Waals surface area contributed by atoms with E-state index < -0.39 is 0 Å². The van der Waals surface area contributed by atoms with Crippen molar-refractivity contribution in [3.05, 3.63) is 0 Å². The molecular weight excluding hydrogens is 262 g/mol. The van der Waals surface area contributed by atoms with Crippen LogP contribution >= 0.6 is 0 Å². The molecule has 0 aromatic heterocycles. The molecule has 2 fully saturated rings. The number of piperidine rings is 1. The standard InChI is InChI=1S/C17H33N3O.H2/c1-5-15(4)18-10-16(21)20-12-17(13-20)6-8-19(9-7-17)11-14(2)3;/h14-15,18H,5-13H2,1-4H3;1H. The van der Waals surface area contributed by atoms with Gasteiger partial charge in [-0.05, 0) is 45.2 Å². The molecule has 0 aromatic rings. The van der Waals surface area contributed by atoms with Gasteiger partial charge in [0, 0.05) is 32.5 Å². The first-order valence-corrected chi connectivity index (χ1v) is 8.67. The van der Waals surface area contributed by atoms with Crippen LogP contribution in [0, 0.1) is 11.3 Å². The molecule has 2 aliphatic heterocycles. The van der Waals surface area contributed by atoms with E-state index in [1.807, 2.05) is 4.90 Å². The third-order valence-electron chi connectivity index (χ3n) is 5.16. The highest BCUT2D eigenvalue weighted by atomic mass is 16.2. The SMILES string of the molecule is CCC(C)NCC(=O)N1CC2(CCN(CC(C)C)CC2)C1.[HH]. The molecule has 0 saturated carbocycles. The highest BCUT2D eigenvalue weighted by Crippen LogP contribution is 2.40. The Balaban J connectivity index is 0.00000242. The molecule has 21 heavy (non-hydrogen) atoms. The molecule has 2 saturated heterocycles. The third-order valence-corrected chi connectivity index (χ3v) is 5.16. The molecule has 4 heteroatoms. The first-order valence-electron chi connectivity index (χ1n) is 8.67. The zero-order chi connectivity index (χ0) is 15.5. The van der Waals surface area contributed by atoms with Gasteiger partial charge >= 0.3 is 0 Å². The number of hydrogen-bond acceptors (Lipinski definition) is 3. The maximum absolute atomic E-state index is 12.1. The number of nitrogens with zero attached hydrogens (tertiary/aromatic N) is 2. The van der Waals surface area contributed by atoms with Crippen molar-refractivity contribution >= 4 is 5.91 Å². The number of carbonyl (C=O) groups is 1. The summed E-state index contributed by atoms with van der Waals surface area (Å²) in [5.74, 6) is 1.04. The molecule has 2 heterocycles. The van der Waals surface area contributed by atoms with Crippen LogP contribution in [0.25, 0.3) is 0 Å². The molecule has 1 N–H and O–H groups in total. The second kappa shape index (κ2) is 7.10. The van der Waals surface area contributed by atoms with Crippen molar-refractivity contribution in [1.82, 2.24) is 15.1 Å². The molecule has 124 valence electrons. The van der Waals surface area contributed by atoms with Gasteiger partial charge in [0.05, 0.1) is 6.54 Å². The van der Waals surface area contributed by atoms with Gasteiger partial charge in [0.15, 0.2) is 0 Å². The third kappa shape index (κ3) is 4.43. The van der Waals surface area contributed by atoms with Crippen molar-refractivity contribution in [1.29, 1.82) is 0 Å². The number of nitrogens with one attached hydrogen (secondary N) is 1. The summed E-state index contributed by atoms with van der Waals surface area (Å²) < 4.78 is 0. The van der Waals surface area contributed by atoms with E-state index in [0.29, 0.717) is 18.0 Å². The maximum atomic E-state index is 12.1. The largest absolute Gasteiger partial charge is 0.340 e. The summed E-state index contributed by atoms with van der Waals surface area (Å²) in [5.41, 5.74) is 0.444.